The van der Waals surface area contributed by atoms with Crippen LogP contribution < -0.4 is 19.2 Å². The van der Waals surface area contributed by atoms with Crippen LogP contribution >= 0.6 is 21.6 Å². The van der Waals surface area contributed by atoms with E-state index >= 15 is 0 Å². The molecule has 0 aliphatic rings. The van der Waals surface area contributed by atoms with E-state index in [1.165, 1.54) is 14.2 Å². The number of ether oxygens (including phenoxy) is 2. The number of hydrogen-bond donors (Lipinski definition) is 0. The first-order valence-electron chi connectivity index (χ1n) is 5.28. The molecule has 2 heterocycles. The Labute approximate surface area is 122 Å². The molecule has 0 bridgehead atoms. The van der Waals surface area contributed by atoms with Crippen LogP contribution in [0.5, 0.6) is 11.8 Å². The summed E-state index contributed by atoms with van der Waals surface area (Å²) in [5, 5.41) is 31.1. The van der Waals surface area contributed by atoms with Gasteiger partial charge in [0.25, 0.3) is 21.8 Å². The van der Waals surface area contributed by atoms with Gasteiger partial charge in [0, 0.05) is 45.9 Å². The minimum Gasteiger partial charge on any atom is -0.593 e. The summed E-state index contributed by atoms with van der Waals surface area (Å²) in [6, 6.07) is 6.24. The molecule has 0 saturated carbocycles. The third kappa shape index (κ3) is 3.33. The molecule has 2 aromatic rings. The summed E-state index contributed by atoms with van der Waals surface area (Å²) in [4.78, 5) is 0.866. The van der Waals surface area contributed by atoms with Crippen LogP contribution in [0.15, 0.2) is 34.3 Å². The second-order valence-corrected chi connectivity index (χ2v) is 5.51. The summed E-state index contributed by atoms with van der Waals surface area (Å²) in [5.74, 6) is 0.443. The summed E-state index contributed by atoms with van der Waals surface area (Å²) < 4.78 is 9.66. The monoisotopic (exact) mass is 314 g/mol. The summed E-state index contributed by atoms with van der Waals surface area (Å²) in [6.07, 6.45) is 0. The normalized spacial score (nSPS) is 10.3. The van der Waals surface area contributed by atoms with E-state index in [4.69, 9.17) is 9.47 Å². The van der Waals surface area contributed by atoms with E-state index in [-0.39, 0.29) is 11.8 Å². The van der Waals surface area contributed by atoms with Crippen LogP contribution in [-0.4, -0.2) is 24.4 Å². The lowest BCUT2D eigenvalue weighted by molar-refractivity contribution is -0.707. The first-order valence-corrected chi connectivity index (χ1v) is 7.43. The maximum absolute atomic E-state index is 11.6. The fourth-order valence-corrected chi connectivity index (χ4v) is 3.03. The molecule has 0 atom stereocenters. The molecule has 0 saturated heterocycles. The summed E-state index contributed by atoms with van der Waals surface area (Å²) in [6.45, 7) is 0. The molecule has 0 aliphatic carbocycles. The molecular formula is C10H10N4O4S2. The largest absolute Gasteiger partial charge is 0.593 e. The summed E-state index contributed by atoms with van der Waals surface area (Å²) in [7, 11) is 5.04. The Hall–Kier alpha value is -1.94. The Morgan fingerprint density at radius 1 is 0.850 bits per heavy atom. The molecule has 0 amide bonds. The molecule has 20 heavy (non-hydrogen) atoms. The van der Waals surface area contributed by atoms with Crippen LogP contribution in [0.25, 0.3) is 0 Å². The molecular weight excluding hydrogens is 304 g/mol. The maximum atomic E-state index is 11.6. The van der Waals surface area contributed by atoms with Crippen LogP contribution in [0.3, 0.4) is 0 Å². The van der Waals surface area contributed by atoms with Gasteiger partial charge in [-0.15, -0.1) is 0 Å². The van der Waals surface area contributed by atoms with E-state index in [0.717, 1.165) is 21.6 Å². The van der Waals surface area contributed by atoms with Gasteiger partial charge in [-0.1, -0.05) is 0 Å². The highest BCUT2D eigenvalue weighted by molar-refractivity contribution is 8.76. The topological polar surface area (TPSA) is 98.1 Å². The molecule has 8 nitrogen and oxygen atoms in total. The number of nitrogens with zero attached hydrogens (tertiary/aromatic N) is 4. The van der Waals surface area contributed by atoms with Crippen molar-refractivity contribution in [2.45, 2.75) is 10.1 Å². The van der Waals surface area contributed by atoms with Gasteiger partial charge in [0.05, 0.1) is 24.4 Å². The van der Waals surface area contributed by atoms with Crippen molar-refractivity contribution in [3.8, 4) is 11.8 Å². The predicted molar refractivity (Wildman–Crippen MR) is 71.2 cm³/mol. The fraction of sp³-hybridized carbons (Fsp3) is 0.200. The number of rotatable bonds is 5. The van der Waals surface area contributed by atoms with E-state index < -0.39 is 0 Å². The number of aromatic nitrogens is 4. The zero-order valence-corrected chi connectivity index (χ0v) is 12.2. The quantitative estimate of drug-likeness (QED) is 0.448. The van der Waals surface area contributed by atoms with Crippen LogP contribution in [0.2, 0.25) is 0 Å². The standard InChI is InChI=1S/C10H10N4O4S2/c1-17-7-3-5-9(13(15)11-7)19-20-10-6-4-8(18-2)12-14(10)16/h3-6H,1-2H3. The van der Waals surface area contributed by atoms with Gasteiger partial charge in [0.15, 0.2) is 0 Å². The van der Waals surface area contributed by atoms with Crippen LogP contribution in [0, 0.1) is 10.4 Å². The minimum atomic E-state index is 0.222. The van der Waals surface area contributed by atoms with Crippen molar-refractivity contribution in [2.24, 2.45) is 0 Å². The van der Waals surface area contributed by atoms with Crippen LogP contribution in [-0.2, 0) is 0 Å². The van der Waals surface area contributed by atoms with E-state index in [2.05, 4.69) is 10.2 Å². The zero-order chi connectivity index (χ0) is 14.5. The average Bonchev–Trinajstić information content (AvgIpc) is 2.46. The van der Waals surface area contributed by atoms with Crippen LogP contribution in [0.4, 0.5) is 0 Å². The highest BCUT2D eigenvalue weighted by Gasteiger charge is 2.16. The van der Waals surface area contributed by atoms with Gasteiger partial charge in [-0.25, -0.2) is 0 Å². The van der Waals surface area contributed by atoms with Crippen molar-refractivity contribution in [1.82, 2.24) is 10.2 Å². The first-order chi connectivity index (χ1) is 9.63. The van der Waals surface area contributed by atoms with Crippen molar-refractivity contribution in [3.05, 3.63) is 34.7 Å². The van der Waals surface area contributed by atoms with Crippen molar-refractivity contribution in [3.63, 3.8) is 0 Å². The Morgan fingerprint density at radius 2 is 1.25 bits per heavy atom. The molecule has 0 unspecified atom stereocenters. The Balaban J connectivity index is 2.09. The average molecular weight is 314 g/mol. The lowest BCUT2D eigenvalue weighted by atomic mass is 10.6. The second kappa shape index (κ2) is 6.48. The van der Waals surface area contributed by atoms with Crippen molar-refractivity contribution >= 4 is 21.6 Å². The third-order valence-corrected chi connectivity index (χ3v) is 4.41. The van der Waals surface area contributed by atoms with Gasteiger partial charge < -0.3 is 19.9 Å². The van der Waals surface area contributed by atoms with Gasteiger partial charge in [-0.3, -0.25) is 0 Å². The molecule has 2 aromatic heterocycles. The van der Waals surface area contributed by atoms with E-state index in [0.29, 0.717) is 19.7 Å². The minimum absolute atomic E-state index is 0.222. The summed E-state index contributed by atoms with van der Waals surface area (Å²) in [5.41, 5.74) is 0. The molecule has 0 aromatic carbocycles. The van der Waals surface area contributed by atoms with Gasteiger partial charge >= 0.3 is 0 Å². The number of methoxy groups -OCH3 is 2. The highest BCUT2D eigenvalue weighted by atomic mass is 33.1. The lowest BCUT2D eigenvalue weighted by Gasteiger charge is -2.03. The van der Waals surface area contributed by atoms with Crippen LogP contribution in [0.1, 0.15) is 0 Å². The van der Waals surface area contributed by atoms with Gasteiger partial charge in [0.1, 0.15) is 0 Å². The molecule has 106 valence electrons. The summed E-state index contributed by atoms with van der Waals surface area (Å²) >= 11 is 0. The van der Waals surface area contributed by atoms with E-state index in [1.54, 1.807) is 24.3 Å². The first kappa shape index (κ1) is 14.5. The maximum Gasteiger partial charge on any atom is 0.290 e. The predicted octanol–water partition coefficient (Wildman–Crippen LogP) is 0.560. The SMILES string of the molecule is COc1ccc(SSc2ccc(OC)n[n+]2[O-])[n+]([O-])n1. The third-order valence-electron chi connectivity index (χ3n) is 2.12. The molecule has 2 rings (SSSR count). The zero-order valence-electron chi connectivity index (χ0n) is 10.5. The van der Waals surface area contributed by atoms with Gasteiger partial charge in [-0.2, -0.15) is 0 Å². The van der Waals surface area contributed by atoms with Crippen molar-refractivity contribution in [1.29, 1.82) is 0 Å². The molecule has 0 aliphatic heterocycles. The Morgan fingerprint density at radius 3 is 1.55 bits per heavy atom. The Bertz CT molecular complexity index is 560. The van der Waals surface area contributed by atoms with Crippen molar-refractivity contribution in [2.75, 3.05) is 14.2 Å². The van der Waals surface area contributed by atoms with Gasteiger partial charge in [-0.05, 0) is 9.69 Å². The highest BCUT2D eigenvalue weighted by Crippen LogP contribution is 2.33. The van der Waals surface area contributed by atoms with Gasteiger partial charge in [0.2, 0.25) is 0 Å². The lowest BCUT2D eigenvalue weighted by Crippen LogP contribution is -2.34. The van der Waals surface area contributed by atoms with E-state index in [9.17, 15) is 10.4 Å². The smallest absolute Gasteiger partial charge is 0.290 e. The molecule has 0 fully saturated rings. The number of hydrogen-bond acceptors (Lipinski definition) is 8. The van der Waals surface area contributed by atoms with Crippen molar-refractivity contribution < 1.29 is 19.2 Å². The molecule has 0 radical (unpaired) electrons. The van der Waals surface area contributed by atoms with E-state index in [1.807, 2.05) is 0 Å². The molecule has 0 N–H and O–H groups in total. The Kier molecular flexibility index (Phi) is 4.69. The molecule has 10 heteroatoms. The fourth-order valence-electron chi connectivity index (χ4n) is 1.18. The second-order valence-electron chi connectivity index (χ2n) is 3.34. The molecule has 0 spiro atoms.